The fraction of sp³-hybridized carbons (Fsp3) is 0.500. The lowest BCUT2D eigenvalue weighted by molar-refractivity contribution is 0.277. The maximum Gasteiger partial charge on any atom is 0.243 e. The highest BCUT2D eigenvalue weighted by molar-refractivity contribution is 7.89. The molecule has 102 valence electrons. The van der Waals surface area contributed by atoms with Gasteiger partial charge in [0.15, 0.2) is 0 Å². The van der Waals surface area contributed by atoms with Crippen LogP contribution < -0.4 is 0 Å². The third kappa shape index (κ3) is 3.07. The largest absolute Gasteiger partial charge is 0.392 e. The molecule has 0 unspecified atom stereocenters. The first-order chi connectivity index (χ1) is 8.47. The lowest BCUT2D eigenvalue weighted by Gasteiger charge is -2.21. The Morgan fingerprint density at radius 1 is 1.33 bits per heavy atom. The van der Waals surface area contributed by atoms with Crippen LogP contribution in [0.15, 0.2) is 23.1 Å². The second kappa shape index (κ2) is 6.26. The van der Waals surface area contributed by atoms with Crippen molar-refractivity contribution in [3.8, 4) is 0 Å². The second-order valence-electron chi connectivity index (χ2n) is 3.91. The molecule has 0 amide bonds. The Balaban J connectivity index is 3.30. The molecule has 1 aromatic carbocycles. The van der Waals surface area contributed by atoms with Crippen LogP contribution in [0.5, 0.6) is 0 Å². The fourth-order valence-electron chi connectivity index (χ4n) is 1.74. The van der Waals surface area contributed by atoms with Crippen LogP contribution in [0.25, 0.3) is 0 Å². The molecule has 0 saturated heterocycles. The predicted molar refractivity (Wildman–Crippen MR) is 67.0 cm³/mol. The quantitative estimate of drug-likeness (QED) is 0.860. The third-order valence-corrected chi connectivity index (χ3v) is 4.70. The van der Waals surface area contributed by atoms with Crippen molar-refractivity contribution in [1.82, 2.24) is 4.31 Å². The molecule has 0 aliphatic carbocycles. The van der Waals surface area contributed by atoms with Gasteiger partial charge in [-0.1, -0.05) is 19.9 Å². The van der Waals surface area contributed by atoms with Crippen LogP contribution in [-0.4, -0.2) is 30.9 Å². The first-order valence-electron chi connectivity index (χ1n) is 5.86. The Labute approximate surface area is 107 Å². The summed E-state index contributed by atoms with van der Waals surface area (Å²) in [5.41, 5.74) is 0.214. The van der Waals surface area contributed by atoms with Crippen LogP contribution in [0.3, 0.4) is 0 Å². The Bertz CT molecular complexity index is 502. The number of nitrogens with zero attached hydrogens (tertiary/aromatic N) is 1. The van der Waals surface area contributed by atoms with E-state index in [1.807, 2.05) is 6.92 Å². The molecule has 6 heteroatoms. The summed E-state index contributed by atoms with van der Waals surface area (Å²) in [6.07, 6.45) is 0.677. The minimum atomic E-state index is -3.75. The maximum atomic E-state index is 13.2. The highest BCUT2D eigenvalue weighted by Gasteiger charge is 2.25. The molecule has 1 rings (SSSR count). The van der Waals surface area contributed by atoms with Crippen molar-refractivity contribution in [1.29, 1.82) is 0 Å². The minimum Gasteiger partial charge on any atom is -0.392 e. The van der Waals surface area contributed by atoms with Crippen LogP contribution >= 0.6 is 0 Å². The summed E-state index contributed by atoms with van der Waals surface area (Å²) in [4.78, 5) is -0.152. The van der Waals surface area contributed by atoms with E-state index < -0.39 is 22.4 Å². The Hall–Kier alpha value is -0.980. The van der Waals surface area contributed by atoms with E-state index in [0.29, 0.717) is 19.5 Å². The van der Waals surface area contributed by atoms with Crippen molar-refractivity contribution in [3.05, 3.63) is 29.6 Å². The van der Waals surface area contributed by atoms with Gasteiger partial charge in [-0.05, 0) is 24.1 Å². The normalized spacial score (nSPS) is 12.1. The molecule has 0 aliphatic rings. The van der Waals surface area contributed by atoms with Gasteiger partial charge < -0.3 is 5.11 Å². The molecule has 0 bridgehead atoms. The van der Waals surface area contributed by atoms with Gasteiger partial charge in [0.05, 0.1) is 11.5 Å². The zero-order chi connectivity index (χ0) is 13.8. The van der Waals surface area contributed by atoms with Gasteiger partial charge in [0.2, 0.25) is 10.0 Å². The molecule has 0 heterocycles. The number of rotatable bonds is 6. The monoisotopic (exact) mass is 275 g/mol. The smallest absolute Gasteiger partial charge is 0.243 e. The molecule has 0 fully saturated rings. The molecule has 4 nitrogen and oxygen atoms in total. The van der Waals surface area contributed by atoms with Gasteiger partial charge >= 0.3 is 0 Å². The average molecular weight is 275 g/mol. The van der Waals surface area contributed by atoms with Gasteiger partial charge in [-0.15, -0.1) is 0 Å². The summed E-state index contributed by atoms with van der Waals surface area (Å²) in [5.74, 6) is -0.627. The van der Waals surface area contributed by atoms with E-state index in [0.717, 1.165) is 12.1 Å². The summed E-state index contributed by atoms with van der Waals surface area (Å²) >= 11 is 0. The van der Waals surface area contributed by atoms with Crippen LogP contribution in [0.1, 0.15) is 25.8 Å². The van der Waals surface area contributed by atoms with E-state index >= 15 is 0 Å². The highest BCUT2D eigenvalue weighted by atomic mass is 32.2. The van der Waals surface area contributed by atoms with E-state index in [1.165, 1.54) is 10.4 Å². The van der Waals surface area contributed by atoms with Crippen LogP contribution in [0.2, 0.25) is 0 Å². The molecule has 0 aromatic heterocycles. The third-order valence-electron chi connectivity index (χ3n) is 2.64. The molecule has 1 N–H and O–H groups in total. The van der Waals surface area contributed by atoms with Crippen molar-refractivity contribution in [2.45, 2.75) is 31.8 Å². The Morgan fingerprint density at radius 2 is 2.00 bits per heavy atom. The van der Waals surface area contributed by atoms with Gasteiger partial charge in [-0.3, -0.25) is 0 Å². The first-order valence-corrected chi connectivity index (χ1v) is 7.30. The number of aliphatic hydroxyl groups excluding tert-OH is 1. The molecular formula is C12H18FNO3S. The highest BCUT2D eigenvalue weighted by Crippen LogP contribution is 2.21. The van der Waals surface area contributed by atoms with Crippen molar-refractivity contribution in [2.24, 2.45) is 0 Å². The standard InChI is InChI=1S/C12H18FNO3S/c1-3-7-14(4-2)18(16,17)12-8-11(13)6-5-10(12)9-15/h5-6,8,15H,3-4,7,9H2,1-2H3. The molecule has 0 aliphatic heterocycles. The van der Waals surface area contributed by atoms with Crippen molar-refractivity contribution in [3.63, 3.8) is 0 Å². The predicted octanol–water partition coefficient (Wildman–Crippen LogP) is 1.74. The average Bonchev–Trinajstić information content (AvgIpc) is 2.35. The van der Waals surface area contributed by atoms with Gasteiger partial charge in [0.25, 0.3) is 0 Å². The fourth-order valence-corrected chi connectivity index (χ4v) is 3.50. The van der Waals surface area contributed by atoms with Crippen molar-refractivity contribution >= 4 is 10.0 Å². The summed E-state index contributed by atoms with van der Waals surface area (Å²) in [5, 5.41) is 9.15. The Kier molecular flexibility index (Phi) is 5.25. The lowest BCUT2D eigenvalue weighted by Crippen LogP contribution is -2.32. The number of benzene rings is 1. The number of hydrogen-bond acceptors (Lipinski definition) is 3. The van der Waals surface area contributed by atoms with E-state index in [9.17, 15) is 12.8 Å². The van der Waals surface area contributed by atoms with Crippen molar-refractivity contribution < 1.29 is 17.9 Å². The summed E-state index contributed by atoms with van der Waals surface area (Å²) < 4.78 is 39.1. The number of halogens is 1. The topological polar surface area (TPSA) is 57.6 Å². The molecule has 0 spiro atoms. The molecule has 0 saturated carbocycles. The van der Waals surface area contributed by atoms with Crippen LogP contribution in [0, 0.1) is 5.82 Å². The second-order valence-corrected chi connectivity index (χ2v) is 5.81. The minimum absolute atomic E-state index is 0.152. The van der Waals surface area contributed by atoms with Crippen LogP contribution in [-0.2, 0) is 16.6 Å². The number of sulfonamides is 1. The SMILES string of the molecule is CCCN(CC)S(=O)(=O)c1cc(F)ccc1CO. The van der Waals surface area contributed by atoms with Gasteiger partial charge in [0.1, 0.15) is 5.82 Å². The summed E-state index contributed by atoms with van der Waals surface area (Å²) in [6, 6.07) is 3.39. The first kappa shape index (κ1) is 15.1. The molecule has 0 atom stereocenters. The van der Waals surface area contributed by atoms with E-state index in [2.05, 4.69) is 0 Å². The van der Waals surface area contributed by atoms with Gasteiger partial charge in [0, 0.05) is 13.1 Å². The summed E-state index contributed by atoms with van der Waals surface area (Å²) in [7, 11) is -3.75. The van der Waals surface area contributed by atoms with Gasteiger partial charge in [-0.25, -0.2) is 12.8 Å². The summed E-state index contributed by atoms with van der Waals surface area (Å²) in [6.45, 7) is 3.86. The zero-order valence-corrected chi connectivity index (χ0v) is 11.4. The van der Waals surface area contributed by atoms with Crippen LogP contribution in [0.4, 0.5) is 4.39 Å². The molecule has 1 aromatic rings. The molecule has 18 heavy (non-hydrogen) atoms. The molecular weight excluding hydrogens is 257 g/mol. The number of aliphatic hydroxyl groups is 1. The Morgan fingerprint density at radius 3 is 2.50 bits per heavy atom. The zero-order valence-electron chi connectivity index (χ0n) is 10.6. The van der Waals surface area contributed by atoms with Gasteiger partial charge in [-0.2, -0.15) is 4.31 Å². The lowest BCUT2D eigenvalue weighted by atomic mass is 10.2. The maximum absolute atomic E-state index is 13.2. The van der Waals surface area contributed by atoms with E-state index in [-0.39, 0.29) is 10.5 Å². The number of hydrogen-bond donors (Lipinski definition) is 1. The van der Waals surface area contributed by atoms with Crippen molar-refractivity contribution in [2.75, 3.05) is 13.1 Å². The van der Waals surface area contributed by atoms with E-state index in [4.69, 9.17) is 5.11 Å². The van der Waals surface area contributed by atoms with E-state index in [1.54, 1.807) is 6.92 Å². The molecule has 0 radical (unpaired) electrons.